The maximum Gasteiger partial charge on any atom is 0.216 e. The molecule has 12 heteroatoms. The minimum absolute atomic E-state index is 0.0706. The number of rotatable bonds is 18. The average Bonchev–Trinajstić information content (AvgIpc) is 3.37. The summed E-state index contributed by atoms with van der Waals surface area (Å²) in [4.78, 5) is 21.5. The van der Waals surface area contributed by atoms with Gasteiger partial charge in [-0.25, -0.2) is 9.97 Å². The Labute approximate surface area is 275 Å². The molecule has 0 spiro atoms. The van der Waals surface area contributed by atoms with Crippen molar-refractivity contribution in [2.75, 3.05) is 38.9 Å². The summed E-state index contributed by atoms with van der Waals surface area (Å²) in [5.74, 6) is 0.892. The number of methoxy groups -OCH3 is 1. The summed E-state index contributed by atoms with van der Waals surface area (Å²) < 4.78 is 32.0. The van der Waals surface area contributed by atoms with Crippen molar-refractivity contribution in [3.05, 3.63) is 71.4 Å². The molecule has 0 bridgehead atoms. The van der Waals surface area contributed by atoms with Crippen molar-refractivity contribution in [3.63, 3.8) is 0 Å². The van der Waals surface area contributed by atoms with Gasteiger partial charge in [0.25, 0.3) is 0 Å². The second-order valence-corrected chi connectivity index (χ2v) is 11.6. The van der Waals surface area contributed by atoms with Gasteiger partial charge in [-0.1, -0.05) is 48.0 Å². The van der Waals surface area contributed by atoms with Crippen LogP contribution in [0.2, 0.25) is 5.02 Å². The number of halogens is 1. The first-order valence-electron chi connectivity index (χ1n) is 15.3. The van der Waals surface area contributed by atoms with E-state index in [-0.39, 0.29) is 25.4 Å². The lowest BCUT2D eigenvalue weighted by Gasteiger charge is -2.33. The lowest BCUT2D eigenvalue weighted by atomic mass is 10.2. The zero-order valence-electron chi connectivity index (χ0n) is 27.3. The summed E-state index contributed by atoms with van der Waals surface area (Å²) in [6.07, 6.45) is -0.840. The van der Waals surface area contributed by atoms with Gasteiger partial charge in [-0.3, -0.25) is 4.79 Å². The predicted octanol–water partition coefficient (Wildman–Crippen LogP) is 6.05. The second-order valence-electron chi connectivity index (χ2n) is 11.2. The number of ether oxygens (including phenoxy) is 5. The molecule has 11 nitrogen and oxygen atoms in total. The van der Waals surface area contributed by atoms with E-state index < -0.39 is 11.9 Å². The number of amides is 1. The third kappa shape index (κ3) is 9.88. The van der Waals surface area contributed by atoms with Crippen molar-refractivity contribution < 1.29 is 28.5 Å². The van der Waals surface area contributed by atoms with Crippen LogP contribution in [0, 0.1) is 0 Å². The van der Waals surface area contributed by atoms with Crippen LogP contribution in [0.5, 0.6) is 5.75 Å². The molecule has 0 saturated carbocycles. The fourth-order valence-electron chi connectivity index (χ4n) is 5.06. The molecule has 2 N–H and O–H groups in total. The summed E-state index contributed by atoms with van der Waals surface area (Å²) in [5.41, 5.74) is 2.38. The van der Waals surface area contributed by atoms with Gasteiger partial charge in [-0.05, 0) is 52.0 Å². The highest BCUT2D eigenvalue weighted by atomic mass is 35.5. The maximum atomic E-state index is 11.5. The van der Waals surface area contributed by atoms with E-state index in [0.29, 0.717) is 54.3 Å². The van der Waals surface area contributed by atoms with E-state index in [1.165, 1.54) is 6.92 Å². The molecule has 0 aliphatic carbocycles. The highest BCUT2D eigenvalue weighted by Crippen LogP contribution is 2.30. The topological polar surface area (TPSA) is 118 Å². The van der Waals surface area contributed by atoms with Crippen LogP contribution in [0.3, 0.4) is 0 Å². The van der Waals surface area contributed by atoms with Crippen LogP contribution in [0.4, 0.5) is 5.82 Å². The van der Waals surface area contributed by atoms with E-state index in [9.17, 15) is 4.79 Å². The largest absolute Gasteiger partial charge is 0.487 e. The molecular formula is C34H44ClN5O6. The number of hydrogen-bond acceptors (Lipinski definition) is 9. The van der Waals surface area contributed by atoms with E-state index >= 15 is 0 Å². The highest BCUT2D eigenvalue weighted by molar-refractivity contribution is 6.30. The van der Waals surface area contributed by atoms with Crippen LogP contribution >= 0.6 is 11.6 Å². The number of hydrogen-bond donors (Lipinski definition) is 2. The van der Waals surface area contributed by atoms with Crippen molar-refractivity contribution in [2.45, 2.75) is 65.8 Å². The van der Waals surface area contributed by atoms with Crippen LogP contribution in [0.25, 0.3) is 22.4 Å². The van der Waals surface area contributed by atoms with E-state index in [4.69, 9.17) is 45.3 Å². The van der Waals surface area contributed by atoms with E-state index in [1.807, 2.05) is 76.2 Å². The van der Waals surface area contributed by atoms with Crippen molar-refractivity contribution >= 4 is 34.4 Å². The van der Waals surface area contributed by atoms with Crippen LogP contribution in [-0.4, -0.2) is 72.0 Å². The lowest BCUT2D eigenvalue weighted by molar-refractivity contribution is -0.256. The quantitative estimate of drug-likeness (QED) is 0.0978. The fraction of sp³-hybridized carbons (Fsp3) is 0.441. The van der Waals surface area contributed by atoms with Gasteiger partial charge in [0.05, 0.1) is 23.7 Å². The number of nitrogens with zero attached hydrogens (tertiary/aromatic N) is 3. The normalized spacial score (nSPS) is 13.0. The van der Waals surface area contributed by atoms with Crippen LogP contribution in [-0.2, 0) is 36.9 Å². The first-order chi connectivity index (χ1) is 22.1. The molecule has 2 aromatic heterocycles. The van der Waals surface area contributed by atoms with Gasteiger partial charge < -0.3 is 38.9 Å². The number of anilines is 1. The number of nitrogens with one attached hydrogen (secondary N) is 2. The van der Waals surface area contributed by atoms with Crippen LogP contribution in [0.1, 0.15) is 40.3 Å². The van der Waals surface area contributed by atoms with Gasteiger partial charge in [-0.2, -0.15) is 0 Å². The smallest absolute Gasteiger partial charge is 0.216 e. The molecular weight excluding hydrogens is 610 g/mol. The molecule has 46 heavy (non-hydrogen) atoms. The molecule has 0 aliphatic rings. The molecule has 0 saturated heterocycles. The van der Waals surface area contributed by atoms with E-state index in [1.54, 1.807) is 19.2 Å². The molecule has 0 unspecified atom stereocenters. The van der Waals surface area contributed by atoms with Gasteiger partial charge in [0.1, 0.15) is 36.7 Å². The first kappa shape index (κ1) is 35.1. The average molecular weight is 654 g/mol. The highest BCUT2D eigenvalue weighted by Gasteiger charge is 2.30. The predicted molar refractivity (Wildman–Crippen MR) is 179 cm³/mol. The Hall–Kier alpha value is -3.74. The molecule has 0 fully saturated rings. The Kier molecular flexibility index (Phi) is 12.8. The molecule has 2 aromatic carbocycles. The van der Waals surface area contributed by atoms with Crippen molar-refractivity contribution in [1.29, 1.82) is 0 Å². The molecule has 1 amide bonds. The Morgan fingerprint density at radius 2 is 1.85 bits per heavy atom. The van der Waals surface area contributed by atoms with Gasteiger partial charge in [-0.15, -0.1) is 0 Å². The Morgan fingerprint density at radius 3 is 2.54 bits per heavy atom. The van der Waals surface area contributed by atoms with Crippen LogP contribution < -0.4 is 15.4 Å². The van der Waals surface area contributed by atoms with Crippen molar-refractivity contribution in [1.82, 2.24) is 19.9 Å². The monoisotopic (exact) mass is 653 g/mol. The molecule has 4 aromatic rings. The maximum absolute atomic E-state index is 11.5. The standard InChI is InChI=1S/C34H44ClN5O6/c1-7-45-34(4,5)46-23(2)30(44-22-42-6)20-40-27(21-43-28-15-11-14-26(35)18-28)19-29-32(37-17-16-36-24(3)41)38-31(39-33(29)40)25-12-9-8-10-13-25/h8-15,18-19,23,30H,7,16-17,20-22H2,1-6H3,(H,36,41)(H,37,38,39)/t23-,30+/m0/s1. The lowest BCUT2D eigenvalue weighted by Crippen LogP contribution is -2.41. The minimum atomic E-state index is -0.826. The SMILES string of the molecule is CCOC(C)(C)O[C@@H](C)[C@@H](Cn1c(COc2cccc(Cl)c2)cc2c(NCCNC(C)=O)nc(-c3ccccc3)nc21)OCOC. The van der Waals surface area contributed by atoms with Crippen LogP contribution in [0.15, 0.2) is 60.7 Å². The fourth-order valence-corrected chi connectivity index (χ4v) is 5.24. The number of benzene rings is 2. The summed E-state index contributed by atoms with van der Waals surface area (Å²) >= 11 is 6.24. The first-order valence-corrected chi connectivity index (χ1v) is 15.7. The summed E-state index contributed by atoms with van der Waals surface area (Å²) in [6, 6.07) is 19.1. The summed E-state index contributed by atoms with van der Waals surface area (Å²) in [7, 11) is 1.58. The number of aromatic nitrogens is 3. The van der Waals surface area contributed by atoms with Gasteiger partial charge in [0.2, 0.25) is 5.91 Å². The zero-order chi connectivity index (χ0) is 33.1. The van der Waals surface area contributed by atoms with Crippen molar-refractivity contribution in [3.8, 4) is 17.1 Å². The van der Waals surface area contributed by atoms with Crippen molar-refractivity contribution in [2.24, 2.45) is 0 Å². The molecule has 4 rings (SSSR count). The van der Waals surface area contributed by atoms with E-state index in [0.717, 1.165) is 16.6 Å². The number of fused-ring (bicyclic) bond motifs is 1. The Bertz CT molecular complexity index is 1560. The van der Waals surface area contributed by atoms with Gasteiger partial charge in [0.15, 0.2) is 11.6 Å². The summed E-state index contributed by atoms with van der Waals surface area (Å²) in [6.45, 7) is 11.2. The second kappa shape index (κ2) is 16.7. The molecule has 248 valence electrons. The Morgan fingerprint density at radius 1 is 1.07 bits per heavy atom. The molecule has 0 radical (unpaired) electrons. The molecule has 0 aliphatic heterocycles. The molecule has 2 atom stereocenters. The third-order valence-corrected chi connectivity index (χ3v) is 7.33. The van der Waals surface area contributed by atoms with Gasteiger partial charge in [0, 0.05) is 44.3 Å². The number of carbonyl (C=O) groups is 1. The minimum Gasteiger partial charge on any atom is -0.487 e. The third-order valence-electron chi connectivity index (χ3n) is 7.09. The zero-order valence-corrected chi connectivity index (χ0v) is 28.1. The van der Waals surface area contributed by atoms with E-state index in [2.05, 4.69) is 15.2 Å². The Balaban J connectivity index is 1.81. The summed E-state index contributed by atoms with van der Waals surface area (Å²) in [5, 5.41) is 7.60. The molecule has 2 heterocycles. The number of carbonyl (C=O) groups excluding carboxylic acids is 1. The van der Waals surface area contributed by atoms with Gasteiger partial charge >= 0.3 is 0 Å².